The molecule has 1 atom stereocenters. The Morgan fingerprint density at radius 1 is 1.24 bits per heavy atom. The van der Waals surface area contributed by atoms with Crippen LogP contribution in [0.2, 0.25) is 0 Å². The summed E-state index contributed by atoms with van der Waals surface area (Å²) in [5.41, 5.74) is 1.21. The minimum atomic E-state index is -0.834. The Morgan fingerprint density at radius 3 is 2.35 bits per heavy atom. The SMILES string of the molecule is C=C(c1ccc(OCCO)cc1)C(CO)OO. The second-order valence-corrected chi connectivity index (χ2v) is 3.40. The Bertz CT molecular complexity index is 342. The molecule has 5 nitrogen and oxygen atoms in total. The molecule has 1 aromatic rings. The Balaban J connectivity index is 2.69. The van der Waals surface area contributed by atoms with Gasteiger partial charge in [0.1, 0.15) is 18.5 Å². The van der Waals surface area contributed by atoms with Gasteiger partial charge in [0.2, 0.25) is 0 Å². The van der Waals surface area contributed by atoms with Gasteiger partial charge < -0.3 is 14.9 Å². The zero-order valence-corrected chi connectivity index (χ0v) is 9.37. The van der Waals surface area contributed by atoms with Gasteiger partial charge in [-0.1, -0.05) is 18.7 Å². The second kappa shape index (κ2) is 7.03. The minimum absolute atomic E-state index is 0.0423. The van der Waals surface area contributed by atoms with Gasteiger partial charge in [0.25, 0.3) is 0 Å². The van der Waals surface area contributed by atoms with Crippen LogP contribution in [-0.4, -0.2) is 41.4 Å². The molecule has 0 aliphatic carbocycles. The predicted molar refractivity (Wildman–Crippen MR) is 62.6 cm³/mol. The average molecular weight is 240 g/mol. The van der Waals surface area contributed by atoms with Crippen LogP contribution in [0, 0.1) is 0 Å². The van der Waals surface area contributed by atoms with E-state index in [1.165, 1.54) is 0 Å². The third kappa shape index (κ3) is 3.83. The van der Waals surface area contributed by atoms with Crippen molar-refractivity contribution in [2.24, 2.45) is 0 Å². The number of rotatable bonds is 7. The van der Waals surface area contributed by atoms with Crippen molar-refractivity contribution in [1.29, 1.82) is 0 Å². The molecule has 0 aromatic heterocycles. The molecule has 0 aliphatic rings. The topological polar surface area (TPSA) is 79.2 Å². The molecule has 0 saturated heterocycles. The summed E-state index contributed by atoms with van der Waals surface area (Å²) in [6.45, 7) is 3.58. The summed E-state index contributed by atoms with van der Waals surface area (Å²) in [6, 6.07) is 6.89. The zero-order chi connectivity index (χ0) is 12.7. The summed E-state index contributed by atoms with van der Waals surface area (Å²) >= 11 is 0. The molecule has 0 fully saturated rings. The van der Waals surface area contributed by atoms with E-state index in [1.54, 1.807) is 24.3 Å². The van der Waals surface area contributed by atoms with Gasteiger partial charge in [0.15, 0.2) is 0 Å². The van der Waals surface area contributed by atoms with E-state index in [0.717, 1.165) is 5.56 Å². The van der Waals surface area contributed by atoms with Gasteiger partial charge in [-0.25, -0.2) is 4.89 Å². The van der Waals surface area contributed by atoms with Crippen LogP contribution in [0.5, 0.6) is 5.75 Å². The molecule has 1 unspecified atom stereocenters. The first-order valence-electron chi connectivity index (χ1n) is 5.17. The molecule has 0 amide bonds. The maximum absolute atomic E-state index is 8.93. The van der Waals surface area contributed by atoms with Crippen LogP contribution in [0.4, 0.5) is 0 Å². The smallest absolute Gasteiger partial charge is 0.141 e. The molecule has 1 rings (SSSR count). The lowest BCUT2D eigenvalue weighted by atomic mass is 10.0. The van der Waals surface area contributed by atoms with E-state index in [0.29, 0.717) is 11.3 Å². The summed E-state index contributed by atoms with van der Waals surface area (Å²) in [7, 11) is 0. The summed E-state index contributed by atoms with van der Waals surface area (Å²) in [4.78, 5) is 4.10. The molecule has 94 valence electrons. The van der Waals surface area contributed by atoms with Gasteiger partial charge in [-0.05, 0) is 23.3 Å². The largest absolute Gasteiger partial charge is 0.491 e. The third-order valence-electron chi connectivity index (χ3n) is 2.27. The van der Waals surface area contributed by atoms with Gasteiger partial charge in [-0.15, -0.1) is 0 Å². The van der Waals surface area contributed by atoms with Gasteiger partial charge in [-0.2, -0.15) is 0 Å². The molecule has 5 heteroatoms. The lowest BCUT2D eigenvalue weighted by Gasteiger charge is -2.14. The van der Waals surface area contributed by atoms with Crippen molar-refractivity contribution in [2.75, 3.05) is 19.8 Å². The molecule has 0 spiro atoms. The Morgan fingerprint density at radius 2 is 1.88 bits per heavy atom. The van der Waals surface area contributed by atoms with Crippen LogP contribution in [0.25, 0.3) is 5.57 Å². The maximum atomic E-state index is 8.93. The molecule has 0 aliphatic heterocycles. The van der Waals surface area contributed by atoms with Gasteiger partial charge in [0, 0.05) is 0 Å². The first-order valence-corrected chi connectivity index (χ1v) is 5.17. The van der Waals surface area contributed by atoms with Crippen molar-refractivity contribution < 1.29 is 25.1 Å². The fourth-order valence-corrected chi connectivity index (χ4v) is 1.32. The normalized spacial score (nSPS) is 12.2. The first kappa shape index (κ1) is 13.7. The highest BCUT2D eigenvalue weighted by Gasteiger charge is 2.13. The van der Waals surface area contributed by atoms with Crippen LogP contribution in [0.15, 0.2) is 30.8 Å². The monoisotopic (exact) mass is 240 g/mol. The van der Waals surface area contributed by atoms with E-state index in [1.807, 2.05) is 0 Å². The number of hydrogen-bond donors (Lipinski definition) is 3. The van der Waals surface area contributed by atoms with Crippen LogP contribution >= 0.6 is 0 Å². The van der Waals surface area contributed by atoms with Gasteiger partial charge >= 0.3 is 0 Å². The number of aliphatic hydroxyl groups is 2. The highest BCUT2D eigenvalue weighted by Crippen LogP contribution is 2.21. The van der Waals surface area contributed by atoms with Gasteiger partial charge in [0.05, 0.1) is 13.2 Å². The Hall–Kier alpha value is -1.40. The van der Waals surface area contributed by atoms with E-state index in [2.05, 4.69) is 11.5 Å². The van der Waals surface area contributed by atoms with E-state index >= 15 is 0 Å². The van der Waals surface area contributed by atoms with Gasteiger partial charge in [-0.3, -0.25) is 5.26 Å². The van der Waals surface area contributed by atoms with Crippen LogP contribution in [-0.2, 0) is 4.89 Å². The molecule has 0 saturated carbocycles. The van der Waals surface area contributed by atoms with E-state index < -0.39 is 6.10 Å². The fraction of sp³-hybridized carbons (Fsp3) is 0.333. The fourth-order valence-electron chi connectivity index (χ4n) is 1.32. The summed E-state index contributed by atoms with van der Waals surface area (Å²) < 4.78 is 5.19. The Kier molecular flexibility index (Phi) is 5.65. The standard InChI is InChI=1S/C12H16O5/c1-9(12(8-14)17-15)10-2-4-11(5-3-10)16-7-6-13/h2-5,12-15H,1,6-8H2. The van der Waals surface area contributed by atoms with Crippen molar-refractivity contribution >= 4 is 5.57 Å². The number of hydrogen-bond acceptors (Lipinski definition) is 5. The van der Waals surface area contributed by atoms with E-state index in [9.17, 15) is 0 Å². The second-order valence-electron chi connectivity index (χ2n) is 3.40. The van der Waals surface area contributed by atoms with Crippen molar-refractivity contribution in [3.05, 3.63) is 36.4 Å². The maximum Gasteiger partial charge on any atom is 0.141 e. The molecule has 3 N–H and O–H groups in total. The summed E-state index contributed by atoms with van der Waals surface area (Å²) in [5.74, 6) is 0.626. The molecule has 1 aromatic carbocycles. The minimum Gasteiger partial charge on any atom is -0.491 e. The molecule has 0 radical (unpaired) electrons. The highest BCUT2D eigenvalue weighted by atomic mass is 17.1. The van der Waals surface area contributed by atoms with Crippen molar-refractivity contribution in [3.63, 3.8) is 0 Å². The zero-order valence-electron chi connectivity index (χ0n) is 9.37. The van der Waals surface area contributed by atoms with Crippen molar-refractivity contribution in [2.45, 2.75) is 6.10 Å². The molecule has 0 heterocycles. The quantitative estimate of drug-likeness (QED) is 0.488. The first-order chi connectivity index (χ1) is 8.22. The number of ether oxygens (including phenoxy) is 1. The number of benzene rings is 1. The summed E-state index contributed by atoms with van der Waals surface area (Å²) in [6.07, 6.45) is -0.834. The van der Waals surface area contributed by atoms with E-state index in [4.69, 9.17) is 20.2 Å². The highest BCUT2D eigenvalue weighted by molar-refractivity contribution is 5.67. The lowest BCUT2D eigenvalue weighted by molar-refractivity contribution is -0.268. The molecular formula is C12H16O5. The average Bonchev–Trinajstić information content (AvgIpc) is 2.38. The van der Waals surface area contributed by atoms with Crippen LogP contribution in [0.3, 0.4) is 0 Å². The Labute approximate surface area is 99.5 Å². The van der Waals surface area contributed by atoms with Crippen LogP contribution < -0.4 is 4.74 Å². The molecule has 17 heavy (non-hydrogen) atoms. The van der Waals surface area contributed by atoms with E-state index in [-0.39, 0.29) is 19.8 Å². The van der Waals surface area contributed by atoms with Crippen LogP contribution in [0.1, 0.15) is 5.56 Å². The predicted octanol–water partition coefficient (Wildman–Crippen LogP) is 0.921. The lowest BCUT2D eigenvalue weighted by Crippen LogP contribution is -2.17. The molecule has 0 bridgehead atoms. The van der Waals surface area contributed by atoms with Crippen molar-refractivity contribution in [3.8, 4) is 5.75 Å². The molecular weight excluding hydrogens is 224 g/mol. The van der Waals surface area contributed by atoms with Crippen molar-refractivity contribution in [1.82, 2.24) is 0 Å². The summed E-state index contributed by atoms with van der Waals surface area (Å²) in [5, 5.41) is 26.1. The number of aliphatic hydroxyl groups excluding tert-OH is 2. The third-order valence-corrected chi connectivity index (χ3v) is 2.27.